The van der Waals surface area contributed by atoms with Gasteiger partial charge in [0.15, 0.2) is 0 Å². The number of amides is 1. The van der Waals surface area contributed by atoms with E-state index in [1.54, 1.807) is 23.1 Å². The van der Waals surface area contributed by atoms with E-state index >= 15 is 4.39 Å². The largest absolute Gasteiger partial charge is 0.496 e. The van der Waals surface area contributed by atoms with Gasteiger partial charge < -0.3 is 14.7 Å². The average molecular weight is 478 g/mol. The molecule has 35 heavy (non-hydrogen) atoms. The summed E-state index contributed by atoms with van der Waals surface area (Å²) in [5, 5.41) is 9.20. The number of hydrogen-bond acceptors (Lipinski definition) is 3. The van der Waals surface area contributed by atoms with Crippen LogP contribution in [0.25, 0.3) is 11.1 Å². The lowest BCUT2D eigenvalue weighted by Gasteiger charge is -2.31. The van der Waals surface area contributed by atoms with Gasteiger partial charge in [0.25, 0.3) is 0 Å². The molecule has 1 N–H and O–H groups in total. The first-order valence-electron chi connectivity index (χ1n) is 11.6. The number of carboxylic acid groups (broad SMARTS) is 1. The standard InChI is InChI=1S/C28H25F2NO4/c1-35-25-8-7-16(12-26(32)33)11-21(25)27-22-15-31(10-9-18(22)23(29)14-24(27)30)28(34)20-13-19(20)17-5-3-2-4-6-17/h2-8,11,14,19-20H,9-10,12-13,15H2,1H3,(H,32,33)/t19-,20+/m0/s1. The van der Waals surface area contributed by atoms with E-state index in [0.717, 1.165) is 18.1 Å². The number of benzene rings is 3. The predicted molar refractivity (Wildman–Crippen MR) is 126 cm³/mol. The van der Waals surface area contributed by atoms with Crippen LogP contribution in [0.15, 0.2) is 54.6 Å². The van der Waals surface area contributed by atoms with Crippen molar-refractivity contribution in [2.75, 3.05) is 13.7 Å². The van der Waals surface area contributed by atoms with Gasteiger partial charge in [-0.25, -0.2) is 8.78 Å². The molecule has 0 aromatic heterocycles. The third kappa shape index (κ3) is 4.38. The molecular weight excluding hydrogens is 452 g/mol. The van der Waals surface area contributed by atoms with Crippen molar-refractivity contribution >= 4 is 11.9 Å². The lowest BCUT2D eigenvalue weighted by Crippen LogP contribution is -2.38. The number of carbonyl (C=O) groups is 2. The van der Waals surface area contributed by atoms with E-state index in [2.05, 4.69) is 0 Å². The Balaban J connectivity index is 1.50. The first-order chi connectivity index (χ1) is 16.9. The Morgan fingerprint density at radius 1 is 1.06 bits per heavy atom. The molecule has 7 heteroatoms. The number of methoxy groups -OCH3 is 1. The van der Waals surface area contributed by atoms with E-state index in [4.69, 9.17) is 4.74 Å². The number of nitrogens with zero attached hydrogens (tertiary/aromatic N) is 1. The Kier molecular flexibility index (Phi) is 6.01. The molecule has 1 heterocycles. The van der Waals surface area contributed by atoms with Crippen LogP contribution in [-0.4, -0.2) is 35.5 Å². The van der Waals surface area contributed by atoms with Gasteiger partial charge in [0.1, 0.15) is 17.4 Å². The number of carboxylic acids is 1. The Labute approximate surface area is 202 Å². The minimum absolute atomic E-state index is 0.00767. The predicted octanol–water partition coefficient (Wildman–Crippen LogP) is 4.96. The van der Waals surface area contributed by atoms with Gasteiger partial charge in [-0.2, -0.15) is 0 Å². The fourth-order valence-electron chi connectivity index (χ4n) is 5.16. The van der Waals surface area contributed by atoms with Crippen molar-refractivity contribution in [3.05, 3.63) is 88.5 Å². The zero-order valence-electron chi connectivity index (χ0n) is 19.3. The van der Waals surface area contributed by atoms with Crippen LogP contribution in [0.4, 0.5) is 8.78 Å². The topological polar surface area (TPSA) is 66.8 Å². The van der Waals surface area contributed by atoms with Crippen molar-refractivity contribution in [3.8, 4) is 16.9 Å². The van der Waals surface area contributed by atoms with Crippen molar-refractivity contribution in [1.82, 2.24) is 4.90 Å². The molecule has 1 amide bonds. The van der Waals surface area contributed by atoms with Crippen LogP contribution in [0, 0.1) is 17.6 Å². The fraction of sp³-hybridized carbons (Fsp3) is 0.286. The number of carbonyl (C=O) groups excluding carboxylic acids is 1. The second-order valence-electron chi connectivity index (χ2n) is 9.15. The smallest absolute Gasteiger partial charge is 0.307 e. The SMILES string of the molecule is COc1ccc(CC(=O)O)cc1-c1c(F)cc(F)c2c1CN(C(=O)[C@@H]1C[C@H]1c1ccccc1)CC2. The molecular formula is C28H25F2NO4. The monoisotopic (exact) mass is 477 g/mol. The Morgan fingerprint density at radius 3 is 2.54 bits per heavy atom. The van der Waals surface area contributed by atoms with Crippen LogP contribution >= 0.6 is 0 Å². The van der Waals surface area contributed by atoms with Crippen molar-refractivity contribution in [1.29, 1.82) is 0 Å². The minimum Gasteiger partial charge on any atom is -0.496 e. The van der Waals surface area contributed by atoms with Crippen LogP contribution < -0.4 is 4.74 Å². The molecule has 1 aliphatic heterocycles. The molecule has 3 aromatic rings. The minimum atomic E-state index is -1.02. The highest BCUT2D eigenvalue weighted by Gasteiger charge is 2.46. The molecule has 1 aliphatic carbocycles. The summed E-state index contributed by atoms with van der Waals surface area (Å²) in [5.74, 6) is -2.04. The molecule has 0 radical (unpaired) electrons. The lowest BCUT2D eigenvalue weighted by atomic mass is 9.88. The van der Waals surface area contributed by atoms with Crippen LogP contribution in [0.5, 0.6) is 5.75 Å². The summed E-state index contributed by atoms with van der Waals surface area (Å²) >= 11 is 0. The van der Waals surface area contributed by atoms with E-state index in [1.165, 1.54) is 7.11 Å². The van der Waals surface area contributed by atoms with E-state index in [-0.39, 0.29) is 42.7 Å². The summed E-state index contributed by atoms with van der Waals surface area (Å²) in [5.41, 5.74) is 2.89. The van der Waals surface area contributed by atoms with Crippen molar-refractivity contribution < 1.29 is 28.2 Å². The normalized spacial score (nSPS) is 18.7. The average Bonchev–Trinajstić information content (AvgIpc) is 3.65. The molecule has 180 valence electrons. The number of fused-ring (bicyclic) bond motifs is 1. The van der Waals surface area contributed by atoms with Gasteiger partial charge in [-0.05, 0) is 53.1 Å². The summed E-state index contributed by atoms with van der Waals surface area (Å²) < 4.78 is 35.5. The zero-order valence-corrected chi connectivity index (χ0v) is 19.3. The quantitative estimate of drug-likeness (QED) is 0.545. The number of ether oxygens (including phenoxy) is 1. The molecule has 0 bridgehead atoms. The molecule has 5 rings (SSSR count). The van der Waals surface area contributed by atoms with Gasteiger partial charge in [0.2, 0.25) is 5.91 Å². The number of hydrogen-bond donors (Lipinski definition) is 1. The number of aliphatic carboxylic acids is 1. The fourth-order valence-corrected chi connectivity index (χ4v) is 5.16. The van der Waals surface area contributed by atoms with Gasteiger partial charge in [-0.15, -0.1) is 0 Å². The molecule has 1 fully saturated rings. The van der Waals surface area contributed by atoms with Gasteiger partial charge in [-0.3, -0.25) is 9.59 Å². The second-order valence-corrected chi connectivity index (χ2v) is 9.15. The molecule has 0 saturated heterocycles. The molecule has 5 nitrogen and oxygen atoms in total. The molecule has 2 atom stereocenters. The van der Waals surface area contributed by atoms with Gasteiger partial charge >= 0.3 is 5.97 Å². The van der Waals surface area contributed by atoms with Crippen molar-refractivity contribution in [3.63, 3.8) is 0 Å². The van der Waals surface area contributed by atoms with Gasteiger partial charge in [0.05, 0.1) is 13.5 Å². The first kappa shape index (κ1) is 23.0. The van der Waals surface area contributed by atoms with E-state index in [0.29, 0.717) is 34.5 Å². The first-order valence-corrected chi connectivity index (χ1v) is 11.6. The van der Waals surface area contributed by atoms with Gasteiger partial charge in [-0.1, -0.05) is 36.4 Å². The highest BCUT2D eigenvalue weighted by molar-refractivity contribution is 5.84. The highest BCUT2D eigenvalue weighted by atomic mass is 19.1. The highest BCUT2D eigenvalue weighted by Crippen LogP contribution is 2.49. The zero-order chi connectivity index (χ0) is 24.7. The Bertz CT molecular complexity index is 1310. The van der Waals surface area contributed by atoms with Crippen LogP contribution in [0.1, 0.15) is 34.6 Å². The maximum absolute atomic E-state index is 15.3. The number of rotatable bonds is 6. The van der Waals surface area contributed by atoms with Crippen LogP contribution in [0.3, 0.4) is 0 Å². The summed E-state index contributed by atoms with van der Waals surface area (Å²) in [4.78, 5) is 26.2. The van der Waals surface area contributed by atoms with Crippen molar-refractivity contribution in [2.45, 2.75) is 31.7 Å². The third-order valence-electron chi connectivity index (χ3n) is 6.96. The summed E-state index contributed by atoms with van der Waals surface area (Å²) in [7, 11) is 1.44. The number of halogens is 2. The van der Waals surface area contributed by atoms with Crippen LogP contribution in [0.2, 0.25) is 0 Å². The lowest BCUT2D eigenvalue weighted by molar-refractivity contribution is -0.136. The molecule has 1 saturated carbocycles. The molecule has 3 aromatic carbocycles. The van der Waals surface area contributed by atoms with E-state index in [1.807, 2.05) is 30.3 Å². The van der Waals surface area contributed by atoms with Crippen molar-refractivity contribution in [2.24, 2.45) is 5.92 Å². The Morgan fingerprint density at radius 2 is 1.83 bits per heavy atom. The third-order valence-corrected chi connectivity index (χ3v) is 6.96. The van der Waals surface area contributed by atoms with Gasteiger partial charge in [0, 0.05) is 36.2 Å². The Hall–Kier alpha value is -3.74. The summed E-state index contributed by atoms with van der Waals surface area (Å²) in [6.45, 7) is 0.449. The second kappa shape index (κ2) is 9.13. The van der Waals surface area contributed by atoms with Crippen LogP contribution in [-0.2, 0) is 29.0 Å². The molecule has 0 spiro atoms. The summed E-state index contributed by atoms with van der Waals surface area (Å²) in [6, 6.07) is 15.5. The maximum atomic E-state index is 15.3. The molecule has 0 unspecified atom stereocenters. The summed E-state index contributed by atoms with van der Waals surface area (Å²) in [6.07, 6.45) is 0.802. The van der Waals surface area contributed by atoms with E-state index in [9.17, 15) is 19.1 Å². The maximum Gasteiger partial charge on any atom is 0.307 e. The van der Waals surface area contributed by atoms with E-state index < -0.39 is 17.6 Å². The molecule has 2 aliphatic rings.